The molecule has 0 unspecified atom stereocenters. The molecule has 0 saturated carbocycles. The largest absolute Gasteiger partial charge is 0.458 e. The lowest BCUT2D eigenvalue weighted by Gasteiger charge is -2.47. The van der Waals surface area contributed by atoms with Gasteiger partial charge >= 0.3 is 0 Å². The quantitative estimate of drug-likeness (QED) is 0.857. The normalized spacial score (nSPS) is 24.5. The Balaban J connectivity index is 1.39. The third-order valence-corrected chi connectivity index (χ3v) is 5.40. The fourth-order valence-electron chi connectivity index (χ4n) is 4.22. The van der Waals surface area contributed by atoms with Gasteiger partial charge in [-0.25, -0.2) is 0 Å². The number of nitrogens with zero attached hydrogens (tertiary/aromatic N) is 3. The number of rotatable bonds is 5. The van der Waals surface area contributed by atoms with Gasteiger partial charge < -0.3 is 15.1 Å². The molecule has 0 spiro atoms. The highest BCUT2D eigenvalue weighted by atomic mass is 16.3. The van der Waals surface area contributed by atoms with Gasteiger partial charge in [-0.15, -0.1) is 0 Å². The van der Waals surface area contributed by atoms with Crippen LogP contribution in [0.2, 0.25) is 0 Å². The van der Waals surface area contributed by atoms with Crippen LogP contribution in [0.25, 0.3) is 11.5 Å². The smallest absolute Gasteiger partial charge is 0.222 e. The number of hydrogen-bond donors (Lipinski definition) is 2. The maximum atomic E-state index is 12.2. The summed E-state index contributed by atoms with van der Waals surface area (Å²) >= 11 is 0. The Morgan fingerprint density at radius 1 is 1.32 bits per heavy atom. The molecule has 4 rings (SSSR count). The molecule has 2 saturated heterocycles. The van der Waals surface area contributed by atoms with Crippen molar-refractivity contribution in [2.45, 2.75) is 31.8 Å². The number of carbonyl (C=O) groups is 1. The molecule has 0 bridgehead atoms. The highest BCUT2D eigenvalue weighted by Crippen LogP contribution is 2.32. The van der Waals surface area contributed by atoms with Crippen molar-refractivity contribution >= 4 is 5.91 Å². The number of carbonyl (C=O) groups excluding carboxylic acids is 1. The molecule has 2 fully saturated rings. The van der Waals surface area contributed by atoms with Crippen LogP contribution in [0.3, 0.4) is 0 Å². The van der Waals surface area contributed by atoms with E-state index in [1.165, 1.54) is 0 Å². The number of fused-ring (bicyclic) bond motifs is 1. The van der Waals surface area contributed by atoms with E-state index in [1.807, 2.05) is 23.1 Å². The van der Waals surface area contributed by atoms with E-state index in [-0.39, 0.29) is 5.91 Å². The Bertz CT molecular complexity index is 711. The minimum atomic E-state index is 0.274. The molecule has 3 N–H and O–H groups in total. The number of aromatic nitrogens is 2. The van der Waals surface area contributed by atoms with Gasteiger partial charge in [0.2, 0.25) is 5.91 Å². The van der Waals surface area contributed by atoms with E-state index in [9.17, 15) is 4.79 Å². The Kier molecular flexibility index (Phi) is 4.59. The molecule has 7 nitrogen and oxygen atoms in total. The van der Waals surface area contributed by atoms with Crippen LogP contribution in [0.4, 0.5) is 0 Å². The molecule has 0 radical (unpaired) electrons. The lowest BCUT2D eigenvalue weighted by atomic mass is 9.83. The minimum absolute atomic E-state index is 0.274. The first kappa shape index (κ1) is 16.4. The first-order valence-corrected chi connectivity index (χ1v) is 9.05. The number of likely N-dealkylation sites (tertiary alicyclic amines) is 2. The Morgan fingerprint density at radius 2 is 2.24 bits per heavy atom. The van der Waals surface area contributed by atoms with Crippen LogP contribution >= 0.6 is 0 Å². The van der Waals surface area contributed by atoms with Crippen LogP contribution in [0.5, 0.6) is 0 Å². The van der Waals surface area contributed by atoms with Crippen LogP contribution in [0, 0.1) is 5.92 Å². The second-order valence-electron chi connectivity index (χ2n) is 7.00. The monoisotopic (exact) mass is 343 g/mol. The zero-order valence-electron chi connectivity index (χ0n) is 14.4. The molecule has 2 aromatic heterocycles. The van der Waals surface area contributed by atoms with E-state index >= 15 is 0 Å². The molecule has 0 aliphatic carbocycles. The number of piperidine rings is 2. The van der Waals surface area contributed by atoms with Gasteiger partial charge in [-0.3, -0.25) is 14.8 Å². The van der Waals surface area contributed by atoms with Gasteiger partial charge in [0.25, 0.3) is 0 Å². The minimum Gasteiger partial charge on any atom is -0.458 e. The fourth-order valence-corrected chi connectivity index (χ4v) is 4.22. The number of aromatic amines is 1. The zero-order valence-corrected chi connectivity index (χ0v) is 14.4. The average molecular weight is 343 g/mol. The summed E-state index contributed by atoms with van der Waals surface area (Å²) in [6, 6.07) is 6.28. The number of H-pyrrole nitrogens is 1. The van der Waals surface area contributed by atoms with Crippen molar-refractivity contribution in [1.82, 2.24) is 20.0 Å². The van der Waals surface area contributed by atoms with Crippen LogP contribution in [-0.4, -0.2) is 58.1 Å². The number of hydrogen-bond acceptors (Lipinski definition) is 5. The van der Waals surface area contributed by atoms with Crippen molar-refractivity contribution < 1.29 is 9.21 Å². The molecule has 0 aromatic carbocycles. The van der Waals surface area contributed by atoms with Gasteiger partial charge in [-0.2, -0.15) is 5.10 Å². The molecule has 1 amide bonds. The van der Waals surface area contributed by atoms with Crippen molar-refractivity contribution in [2.24, 2.45) is 11.7 Å². The SMILES string of the molecule is NCCN1C(=O)CC[C@H]2CN(Cc3ccc(-c4ccn[nH]4)o3)CC[C@H]21. The van der Waals surface area contributed by atoms with Crippen LogP contribution in [-0.2, 0) is 11.3 Å². The van der Waals surface area contributed by atoms with Gasteiger partial charge in [0.1, 0.15) is 11.5 Å². The molecule has 2 aliphatic heterocycles. The van der Waals surface area contributed by atoms with Gasteiger partial charge in [-0.1, -0.05) is 0 Å². The molecule has 25 heavy (non-hydrogen) atoms. The molecule has 4 heterocycles. The van der Waals surface area contributed by atoms with Crippen molar-refractivity contribution in [3.8, 4) is 11.5 Å². The summed E-state index contributed by atoms with van der Waals surface area (Å²) in [5.41, 5.74) is 6.59. The van der Waals surface area contributed by atoms with Crippen LogP contribution in [0.1, 0.15) is 25.0 Å². The Morgan fingerprint density at radius 3 is 3.04 bits per heavy atom. The highest BCUT2D eigenvalue weighted by molar-refractivity contribution is 5.77. The van der Waals surface area contributed by atoms with Crippen molar-refractivity contribution in [2.75, 3.05) is 26.2 Å². The van der Waals surface area contributed by atoms with E-state index in [0.717, 1.165) is 49.7 Å². The Labute approximate surface area is 147 Å². The average Bonchev–Trinajstić information content (AvgIpc) is 3.29. The first-order chi connectivity index (χ1) is 12.2. The topological polar surface area (TPSA) is 91.4 Å². The molecule has 2 atom stereocenters. The predicted molar refractivity (Wildman–Crippen MR) is 93.5 cm³/mol. The molecule has 2 aromatic rings. The molecular weight excluding hydrogens is 318 g/mol. The van der Waals surface area contributed by atoms with Gasteiger partial charge in [0.15, 0.2) is 5.76 Å². The van der Waals surface area contributed by atoms with Crippen molar-refractivity contribution in [3.05, 3.63) is 30.2 Å². The zero-order chi connectivity index (χ0) is 17.2. The number of nitrogens with one attached hydrogen (secondary N) is 1. The van der Waals surface area contributed by atoms with E-state index in [0.29, 0.717) is 31.5 Å². The van der Waals surface area contributed by atoms with Gasteiger partial charge in [-0.05, 0) is 37.0 Å². The van der Waals surface area contributed by atoms with E-state index < -0.39 is 0 Å². The lowest BCUT2D eigenvalue weighted by molar-refractivity contribution is -0.141. The van der Waals surface area contributed by atoms with E-state index in [1.54, 1.807) is 6.20 Å². The number of nitrogens with two attached hydrogens (primary N) is 1. The summed E-state index contributed by atoms with van der Waals surface area (Å²) in [5.74, 6) is 2.60. The van der Waals surface area contributed by atoms with Crippen LogP contribution in [0.15, 0.2) is 28.8 Å². The summed E-state index contributed by atoms with van der Waals surface area (Å²) in [7, 11) is 0. The summed E-state index contributed by atoms with van der Waals surface area (Å²) in [4.78, 5) is 16.6. The highest BCUT2D eigenvalue weighted by Gasteiger charge is 2.38. The fraction of sp³-hybridized carbons (Fsp3) is 0.556. The van der Waals surface area contributed by atoms with Crippen LogP contribution < -0.4 is 5.73 Å². The molecular formula is C18H25N5O2. The second kappa shape index (κ2) is 7.01. The summed E-state index contributed by atoms with van der Waals surface area (Å²) < 4.78 is 5.95. The number of furan rings is 1. The van der Waals surface area contributed by atoms with Crippen molar-refractivity contribution in [3.63, 3.8) is 0 Å². The standard InChI is InChI=1S/C18H25N5O2/c19-7-10-23-16-6-9-22(11-13(16)1-4-18(23)24)12-14-2-3-17(25-14)15-5-8-20-21-15/h2-3,5,8,13,16H,1,4,6-7,9-12,19H2,(H,20,21)/t13-,16+/m0/s1. The number of amides is 1. The Hall–Kier alpha value is -2.12. The maximum absolute atomic E-state index is 12.2. The van der Waals surface area contributed by atoms with Crippen molar-refractivity contribution in [1.29, 1.82) is 0 Å². The first-order valence-electron chi connectivity index (χ1n) is 9.05. The predicted octanol–water partition coefficient (Wildman–Crippen LogP) is 1.44. The maximum Gasteiger partial charge on any atom is 0.222 e. The van der Waals surface area contributed by atoms with Gasteiger partial charge in [0.05, 0.1) is 6.54 Å². The van der Waals surface area contributed by atoms with E-state index in [2.05, 4.69) is 15.1 Å². The summed E-state index contributed by atoms with van der Waals surface area (Å²) in [6.45, 7) is 4.03. The summed E-state index contributed by atoms with van der Waals surface area (Å²) in [5, 5.41) is 6.88. The second-order valence-corrected chi connectivity index (χ2v) is 7.00. The molecule has 7 heteroatoms. The van der Waals surface area contributed by atoms with E-state index in [4.69, 9.17) is 10.2 Å². The molecule has 2 aliphatic rings. The summed E-state index contributed by atoms with van der Waals surface area (Å²) in [6.07, 6.45) is 4.38. The molecule has 134 valence electrons. The lowest BCUT2D eigenvalue weighted by Crippen LogP contribution is -2.56. The third-order valence-electron chi connectivity index (χ3n) is 5.40. The van der Waals surface area contributed by atoms with Gasteiger partial charge in [0, 0.05) is 44.8 Å². The third kappa shape index (κ3) is 3.34.